The zero-order valence-corrected chi connectivity index (χ0v) is 15.4. The van der Waals surface area contributed by atoms with E-state index in [1.54, 1.807) is 17.5 Å². The number of rotatable bonds is 5. The molecule has 3 amide bonds. The van der Waals surface area contributed by atoms with Crippen LogP contribution >= 0.6 is 11.3 Å². The number of carbonyl (C=O) groups excluding carboxylic acids is 2. The highest BCUT2D eigenvalue weighted by Crippen LogP contribution is 2.21. The normalized spacial score (nSPS) is 13.9. The summed E-state index contributed by atoms with van der Waals surface area (Å²) in [5.41, 5.74) is 5.75. The summed E-state index contributed by atoms with van der Waals surface area (Å²) in [6.07, 6.45) is 0.552. The number of urea groups is 1. The number of benzene rings is 1. The maximum absolute atomic E-state index is 12.8. The predicted octanol–water partition coefficient (Wildman–Crippen LogP) is 1.31. The highest BCUT2D eigenvalue weighted by molar-refractivity contribution is 7.13. The van der Waals surface area contributed by atoms with E-state index in [9.17, 15) is 14.0 Å². The van der Waals surface area contributed by atoms with Gasteiger partial charge in [0.1, 0.15) is 11.5 Å². The Kier molecular flexibility index (Phi) is 6.55. The van der Waals surface area contributed by atoms with Crippen LogP contribution in [0.4, 0.5) is 14.3 Å². The van der Waals surface area contributed by atoms with Gasteiger partial charge in [-0.3, -0.25) is 10.2 Å². The fourth-order valence-corrected chi connectivity index (χ4v) is 3.32. The zero-order valence-electron chi connectivity index (χ0n) is 14.5. The van der Waals surface area contributed by atoms with Gasteiger partial charge in [-0.25, -0.2) is 19.6 Å². The van der Waals surface area contributed by atoms with Gasteiger partial charge in [0.2, 0.25) is 0 Å². The number of aromatic nitrogens is 1. The van der Waals surface area contributed by atoms with E-state index < -0.39 is 11.9 Å². The predicted molar refractivity (Wildman–Crippen MR) is 99.3 cm³/mol. The summed E-state index contributed by atoms with van der Waals surface area (Å²) in [4.78, 5) is 30.2. The quantitative estimate of drug-likeness (QED) is 0.666. The molecule has 1 saturated heterocycles. The third-order valence-corrected chi connectivity index (χ3v) is 4.81. The third-order valence-electron chi connectivity index (χ3n) is 3.91. The number of ether oxygens (including phenoxy) is 1. The molecule has 1 aromatic heterocycles. The van der Waals surface area contributed by atoms with Gasteiger partial charge in [0.15, 0.2) is 5.13 Å². The molecule has 0 radical (unpaired) electrons. The molecule has 0 spiro atoms. The van der Waals surface area contributed by atoms with Crippen molar-refractivity contribution in [3.8, 4) is 0 Å². The van der Waals surface area contributed by atoms with E-state index in [2.05, 4.69) is 26.1 Å². The van der Waals surface area contributed by atoms with Gasteiger partial charge in [0, 0.05) is 25.0 Å². The maximum atomic E-state index is 12.8. The lowest BCUT2D eigenvalue weighted by molar-refractivity contribution is 0.0932. The Balaban J connectivity index is 1.38. The molecule has 27 heavy (non-hydrogen) atoms. The van der Waals surface area contributed by atoms with Crippen LogP contribution in [0, 0.1) is 5.82 Å². The van der Waals surface area contributed by atoms with Crippen molar-refractivity contribution in [3.05, 3.63) is 46.7 Å². The standard InChI is InChI=1S/C17H20FN5O3S/c18-13-3-1-12(2-4-13)5-6-19-16(25)22-21-15(24)14-11-27-17(20-14)23-7-9-26-10-8-23/h1-4,11H,5-10H2,(H,21,24)(H2,19,22,25). The molecule has 1 aromatic carbocycles. The molecule has 3 N–H and O–H groups in total. The molecule has 1 aliphatic heterocycles. The molecule has 0 bridgehead atoms. The van der Waals surface area contributed by atoms with Crippen molar-refractivity contribution in [1.82, 2.24) is 21.2 Å². The van der Waals surface area contributed by atoms with Crippen LogP contribution < -0.4 is 21.1 Å². The summed E-state index contributed by atoms with van der Waals surface area (Å²) >= 11 is 1.37. The summed E-state index contributed by atoms with van der Waals surface area (Å²) in [5, 5.41) is 5.01. The van der Waals surface area contributed by atoms with Crippen LogP contribution in [0.1, 0.15) is 16.1 Å². The molecular formula is C17H20FN5O3S. The second-order valence-electron chi connectivity index (χ2n) is 5.83. The summed E-state index contributed by atoms with van der Waals surface area (Å²) in [6, 6.07) is 5.52. The van der Waals surface area contributed by atoms with E-state index in [1.165, 1.54) is 23.5 Å². The van der Waals surface area contributed by atoms with Crippen molar-refractivity contribution in [2.75, 3.05) is 37.7 Å². The molecule has 1 aliphatic rings. The summed E-state index contributed by atoms with van der Waals surface area (Å²) in [7, 11) is 0. The van der Waals surface area contributed by atoms with E-state index in [4.69, 9.17) is 4.74 Å². The van der Waals surface area contributed by atoms with Crippen LogP contribution in [0.5, 0.6) is 0 Å². The highest BCUT2D eigenvalue weighted by atomic mass is 32.1. The van der Waals surface area contributed by atoms with Crippen LogP contribution in [0.3, 0.4) is 0 Å². The molecular weight excluding hydrogens is 373 g/mol. The summed E-state index contributed by atoms with van der Waals surface area (Å²) < 4.78 is 18.1. The first-order valence-corrected chi connectivity index (χ1v) is 9.36. The van der Waals surface area contributed by atoms with Crippen molar-refractivity contribution in [2.45, 2.75) is 6.42 Å². The molecule has 2 aromatic rings. The number of hydrogen-bond acceptors (Lipinski definition) is 6. The van der Waals surface area contributed by atoms with Gasteiger partial charge in [-0.1, -0.05) is 12.1 Å². The lowest BCUT2D eigenvalue weighted by atomic mass is 10.1. The van der Waals surface area contributed by atoms with Gasteiger partial charge in [0.25, 0.3) is 5.91 Å². The Labute approximate surface area is 159 Å². The van der Waals surface area contributed by atoms with Crippen LogP contribution in [-0.2, 0) is 11.2 Å². The third kappa shape index (κ3) is 5.63. The number of halogens is 1. The minimum Gasteiger partial charge on any atom is -0.378 e. The van der Waals surface area contributed by atoms with Crippen molar-refractivity contribution in [2.24, 2.45) is 0 Å². The van der Waals surface area contributed by atoms with Crippen molar-refractivity contribution < 1.29 is 18.7 Å². The molecule has 0 unspecified atom stereocenters. The smallest absolute Gasteiger partial charge is 0.333 e. The van der Waals surface area contributed by atoms with Gasteiger partial charge >= 0.3 is 6.03 Å². The van der Waals surface area contributed by atoms with E-state index >= 15 is 0 Å². The minimum absolute atomic E-state index is 0.244. The first kappa shape index (κ1) is 19.1. The fourth-order valence-electron chi connectivity index (χ4n) is 2.46. The topological polar surface area (TPSA) is 95.6 Å². The van der Waals surface area contributed by atoms with Gasteiger partial charge in [-0.2, -0.15) is 0 Å². The zero-order chi connectivity index (χ0) is 19.1. The van der Waals surface area contributed by atoms with Crippen molar-refractivity contribution in [1.29, 1.82) is 0 Å². The van der Waals surface area contributed by atoms with Gasteiger partial charge in [-0.05, 0) is 24.1 Å². The molecule has 8 nitrogen and oxygen atoms in total. The Morgan fingerprint density at radius 3 is 2.67 bits per heavy atom. The largest absolute Gasteiger partial charge is 0.378 e. The molecule has 144 valence electrons. The Morgan fingerprint density at radius 1 is 1.19 bits per heavy atom. The first-order chi connectivity index (χ1) is 13.1. The number of carbonyl (C=O) groups is 2. The highest BCUT2D eigenvalue weighted by Gasteiger charge is 2.17. The Morgan fingerprint density at radius 2 is 1.93 bits per heavy atom. The molecule has 0 atom stereocenters. The van der Waals surface area contributed by atoms with Crippen molar-refractivity contribution >= 4 is 28.4 Å². The molecule has 1 fully saturated rings. The Hall–Kier alpha value is -2.72. The lowest BCUT2D eigenvalue weighted by Crippen LogP contribution is -2.47. The van der Waals surface area contributed by atoms with E-state index in [1.807, 2.05) is 0 Å². The first-order valence-electron chi connectivity index (χ1n) is 8.48. The minimum atomic E-state index is -0.533. The SMILES string of the molecule is O=C(NCCc1ccc(F)cc1)NNC(=O)c1csc(N2CCOCC2)n1. The number of thiazole rings is 1. The molecule has 0 saturated carbocycles. The number of morpholine rings is 1. The summed E-state index contributed by atoms with van der Waals surface area (Å²) in [5.74, 6) is -0.787. The second kappa shape index (κ2) is 9.28. The number of anilines is 1. The lowest BCUT2D eigenvalue weighted by Gasteiger charge is -2.25. The van der Waals surface area contributed by atoms with Gasteiger partial charge in [-0.15, -0.1) is 11.3 Å². The van der Waals surface area contributed by atoms with Crippen LogP contribution in [0.2, 0.25) is 0 Å². The van der Waals surface area contributed by atoms with Crippen LogP contribution in [0.25, 0.3) is 0 Å². The van der Waals surface area contributed by atoms with E-state index in [-0.39, 0.29) is 11.5 Å². The Bertz CT molecular complexity index is 777. The maximum Gasteiger partial charge on any atom is 0.333 e. The number of amides is 3. The number of nitrogens with one attached hydrogen (secondary N) is 3. The molecule has 2 heterocycles. The number of hydrogen-bond donors (Lipinski definition) is 3. The van der Waals surface area contributed by atoms with Crippen LogP contribution in [-0.4, -0.2) is 49.8 Å². The molecule has 0 aliphatic carbocycles. The molecule has 10 heteroatoms. The van der Waals surface area contributed by atoms with E-state index in [0.717, 1.165) is 23.8 Å². The monoisotopic (exact) mass is 393 g/mol. The van der Waals surface area contributed by atoms with E-state index in [0.29, 0.717) is 26.2 Å². The van der Waals surface area contributed by atoms with Crippen LogP contribution in [0.15, 0.2) is 29.6 Å². The van der Waals surface area contributed by atoms with Gasteiger partial charge < -0.3 is 15.0 Å². The van der Waals surface area contributed by atoms with Gasteiger partial charge in [0.05, 0.1) is 13.2 Å². The second-order valence-corrected chi connectivity index (χ2v) is 6.66. The number of nitrogens with zero attached hydrogens (tertiary/aromatic N) is 2. The summed E-state index contributed by atoms with van der Waals surface area (Å²) in [6.45, 7) is 3.11. The fraction of sp³-hybridized carbons (Fsp3) is 0.353. The average Bonchev–Trinajstić information content (AvgIpc) is 3.19. The average molecular weight is 393 g/mol. The van der Waals surface area contributed by atoms with Crippen molar-refractivity contribution in [3.63, 3.8) is 0 Å². The molecule has 3 rings (SSSR count). The number of hydrazine groups is 1.